The van der Waals surface area contributed by atoms with Crippen molar-refractivity contribution in [2.24, 2.45) is 0 Å². The Kier molecular flexibility index (Phi) is 5.23. The number of hydrogen-bond acceptors (Lipinski definition) is 3. The van der Waals surface area contributed by atoms with E-state index in [1.165, 1.54) is 5.56 Å². The molecule has 0 aliphatic heterocycles. The van der Waals surface area contributed by atoms with Crippen LogP contribution >= 0.6 is 0 Å². The van der Waals surface area contributed by atoms with Gasteiger partial charge in [0.2, 0.25) is 0 Å². The third kappa shape index (κ3) is 3.76. The molecule has 1 aliphatic rings. The van der Waals surface area contributed by atoms with E-state index in [-0.39, 0.29) is 6.10 Å². The van der Waals surface area contributed by atoms with Crippen molar-refractivity contribution in [3.8, 4) is 5.75 Å². The molecule has 4 nitrogen and oxygen atoms in total. The molecule has 0 aromatic heterocycles. The van der Waals surface area contributed by atoms with Crippen LogP contribution in [0.1, 0.15) is 45.1 Å². The lowest BCUT2D eigenvalue weighted by Gasteiger charge is -2.38. The zero-order chi connectivity index (χ0) is 15.3. The number of benzene rings is 1. The normalized spacial score (nSPS) is 25.5. The molecule has 2 atom stereocenters. The van der Waals surface area contributed by atoms with Crippen LogP contribution in [-0.4, -0.2) is 29.3 Å². The maximum atomic E-state index is 11.6. The Balaban J connectivity index is 2.04. The summed E-state index contributed by atoms with van der Waals surface area (Å²) in [6.07, 6.45) is 3.94. The smallest absolute Gasteiger partial charge is 0.324 e. The van der Waals surface area contributed by atoms with Crippen molar-refractivity contribution in [2.45, 2.75) is 57.6 Å². The summed E-state index contributed by atoms with van der Waals surface area (Å²) in [6, 6.07) is 8.08. The van der Waals surface area contributed by atoms with Crippen molar-refractivity contribution in [2.75, 3.05) is 6.54 Å². The summed E-state index contributed by atoms with van der Waals surface area (Å²) in [5.41, 5.74) is 0.444. The molecule has 2 rings (SSSR count). The van der Waals surface area contributed by atoms with Gasteiger partial charge in [0, 0.05) is 6.42 Å². The van der Waals surface area contributed by atoms with Gasteiger partial charge in [0.25, 0.3) is 0 Å². The predicted molar refractivity (Wildman–Crippen MR) is 82.7 cm³/mol. The van der Waals surface area contributed by atoms with Gasteiger partial charge in [0.05, 0.1) is 0 Å². The van der Waals surface area contributed by atoms with Crippen LogP contribution in [-0.2, 0) is 11.2 Å². The van der Waals surface area contributed by atoms with Crippen LogP contribution in [0, 0.1) is 0 Å². The van der Waals surface area contributed by atoms with Crippen molar-refractivity contribution < 1.29 is 14.6 Å². The molecule has 2 unspecified atom stereocenters. The van der Waals surface area contributed by atoms with Crippen molar-refractivity contribution in [3.05, 3.63) is 29.8 Å². The maximum absolute atomic E-state index is 11.6. The Morgan fingerprint density at radius 2 is 2.10 bits per heavy atom. The molecule has 1 fully saturated rings. The number of aliphatic carboxylic acids is 1. The fourth-order valence-electron chi connectivity index (χ4n) is 3.09. The molecule has 0 spiro atoms. The van der Waals surface area contributed by atoms with Crippen LogP contribution in [0.5, 0.6) is 5.75 Å². The quantitative estimate of drug-likeness (QED) is 0.846. The van der Waals surface area contributed by atoms with E-state index < -0.39 is 11.5 Å². The number of nitrogens with one attached hydrogen (secondary N) is 1. The highest BCUT2D eigenvalue weighted by Crippen LogP contribution is 2.31. The zero-order valence-corrected chi connectivity index (χ0v) is 12.9. The largest absolute Gasteiger partial charge is 0.490 e. The van der Waals surface area contributed by atoms with Gasteiger partial charge in [-0.15, -0.1) is 0 Å². The van der Waals surface area contributed by atoms with Gasteiger partial charge in [-0.25, -0.2) is 0 Å². The van der Waals surface area contributed by atoms with Gasteiger partial charge in [-0.3, -0.25) is 4.79 Å². The van der Waals surface area contributed by atoms with Gasteiger partial charge in [0.15, 0.2) is 0 Å². The lowest BCUT2D eigenvalue weighted by molar-refractivity contribution is -0.147. The molecule has 21 heavy (non-hydrogen) atoms. The van der Waals surface area contributed by atoms with Gasteiger partial charge in [-0.1, -0.05) is 26.0 Å². The molecule has 2 N–H and O–H groups in total. The number of rotatable bonds is 6. The van der Waals surface area contributed by atoms with E-state index in [2.05, 4.69) is 24.4 Å². The molecule has 116 valence electrons. The van der Waals surface area contributed by atoms with Crippen LogP contribution in [0.3, 0.4) is 0 Å². The Labute approximate surface area is 126 Å². The van der Waals surface area contributed by atoms with E-state index in [1.54, 1.807) is 0 Å². The summed E-state index contributed by atoms with van der Waals surface area (Å²) in [5, 5.41) is 12.7. The van der Waals surface area contributed by atoms with E-state index in [0.717, 1.165) is 25.0 Å². The van der Waals surface area contributed by atoms with E-state index in [1.807, 2.05) is 19.1 Å². The van der Waals surface area contributed by atoms with E-state index in [9.17, 15) is 9.90 Å². The van der Waals surface area contributed by atoms with Gasteiger partial charge >= 0.3 is 5.97 Å². The van der Waals surface area contributed by atoms with Crippen LogP contribution in [0.15, 0.2) is 24.3 Å². The summed E-state index contributed by atoms with van der Waals surface area (Å²) in [6.45, 7) is 4.72. The summed E-state index contributed by atoms with van der Waals surface area (Å²) in [5.74, 6) is 0.0638. The minimum Gasteiger partial charge on any atom is -0.490 e. The van der Waals surface area contributed by atoms with Crippen LogP contribution < -0.4 is 10.1 Å². The number of aryl methyl sites for hydroxylation is 1. The summed E-state index contributed by atoms with van der Waals surface area (Å²) in [7, 11) is 0. The highest BCUT2D eigenvalue weighted by Gasteiger charge is 2.43. The molecule has 4 heteroatoms. The average Bonchev–Trinajstić information content (AvgIpc) is 2.48. The molecule has 1 aromatic rings. The number of carboxylic acid groups (broad SMARTS) is 1. The maximum Gasteiger partial charge on any atom is 0.324 e. The molecular formula is C17H25NO3. The molecule has 0 amide bonds. The Hall–Kier alpha value is -1.55. The third-order valence-corrected chi connectivity index (χ3v) is 4.26. The molecule has 1 aliphatic carbocycles. The Morgan fingerprint density at radius 1 is 1.38 bits per heavy atom. The first-order chi connectivity index (χ1) is 10.1. The van der Waals surface area contributed by atoms with E-state index in [0.29, 0.717) is 19.4 Å². The topological polar surface area (TPSA) is 58.6 Å². The molecule has 0 bridgehead atoms. The molecule has 0 saturated heterocycles. The number of likely N-dealkylation sites (N-methyl/N-ethyl adjacent to an activating group) is 1. The third-order valence-electron chi connectivity index (χ3n) is 4.26. The first-order valence-corrected chi connectivity index (χ1v) is 7.83. The standard InChI is InChI=1S/C17H25NO3/c1-3-13-7-9-14(10-8-13)21-15-6-5-11-17(12-15,16(19)20)18-4-2/h7-10,15,18H,3-6,11-12H2,1-2H3,(H,19,20). The molecule has 0 heterocycles. The molecule has 1 aromatic carbocycles. The van der Waals surface area contributed by atoms with Gasteiger partial charge in [-0.05, 0) is 49.9 Å². The first-order valence-electron chi connectivity index (χ1n) is 7.83. The SMILES string of the molecule is CCNC1(C(=O)O)CCCC(Oc2ccc(CC)cc2)C1. The van der Waals surface area contributed by atoms with Gasteiger partial charge in [-0.2, -0.15) is 0 Å². The fourth-order valence-corrected chi connectivity index (χ4v) is 3.09. The number of ether oxygens (including phenoxy) is 1. The van der Waals surface area contributed by atoms with Crippen molar-refractivity contribution in [1.29, 1.82) is 0 Å². The summed E-state index contributed by atoms with van der Waals surface area (Å²) < 4.78 is 6.00. The predicted octanol–water partition coefficient (Wildman–Crippen LogP) is 3.00. The zero-order valence-electron chi connectivity index (χ0n) is 12.9. The molecule has 1 saturated carbocycles. The monoisotopic (exact) mass is 291 g/mol. The van der Waals surface area contributed by atoms with Gasteiger partial charge in [0.1, 0.15) is 17.4 Å². The van der Waals surface area contributed by atoms with E-state index >= 15 is 0 Å². The van der Waals surface area contributed by atoms with Crippen LogP contribution in [0.2, 0.25) is 0 Å². The van der Waals surface area contributed by atoms with Crippen molar-refractivity contribution in [3.63, 3.8) is 0 Å². The van der Waals surface area contributed by atoms with E-state index in [4.69, 9.17) is 4.74 Å². The highest BCUT2D eigenvalue weighted by atomic mass is 16.5. The minimum atomic E-state index is -0.832. The highest BCUT2D eigenvalue weighted by molar-refractivity contribution is 5.79. The average molecular weight is 291 g/mol. The molecular weight excluding hydrogens is 266 g/mol. The number of hydrogen-bond donors (Lipinski definition) is 2. The lowest BCUT2D eigenvalue weighted by atomic mass is 9.80. The lowest BCUT2D eigenvalue weighted by Crippen LogP contribution is -2.56. The van der Waals surface area contributed by atoms with Crippen molar-refractivity contribution >= 4 is 5.97 Å². The second-order valence-corrected chi connectivity index (χ2v) is 5.75. The van der Waals surface area contributed by atoms with Crippen molar-refractivity contribution in [1.82, 2.24) is 5.32 Å². The second kappa shape index (κ2) is 6.94. The number of carbonyl (C=O) groups is 1. The fraction of sp³-hybridized carbons (Fsp3) is 0.588. The summed E-state index contributed by atoms with van der Waals surface area (Å²) in [4.78, 5) is 11.6. The minimum absolute atomic E-state index is 0.0404. The van der Waals surface area contributed by atoms with Crippen LogP contribution in [0.4, 0.5) is 0 Å². The van der Waals surface area contributed by atoms with Crippen LogP contribution in [0.25, 0.3) is 0 Å². The summed E-state index contributed by atoms with van der Waals surface area (Å²) >= 11 is 0. The molecule has 0 radical (unpaired) electrons. The first kappa shape index (κ1) is 15.8. The Bertz CT molecular complexity index is 467. The number of carboxylic acids is 1. The second-order valence-electron chi connectivity index (χ2n) is 5.75. The van der Waals surface area contributed by atoms with Gasteiger partial charge < -0.3 is 15.2 Å². The Morgan fingerprint density at radius 3 is 2.67 bits per heavy atom.